The molecule has 1 heterocycles. The van der Waals surface area contributed by atoms with Gasteiger partial charge in [0.05, 0.1) is 19.3 Å². The number of aliphatic imine (C=N–C) groups is 1. The zero-order valence-corrected chi connectivity index (χ0v) is 17.1. The highest BCUT2D eigenvalue weighted by molar-refractivity contribution is 14.0. The third kappa shape index (κ3) is 8.32. The molecule has 2 rings (SSSR count). The lowest BCUT2D eigenvalue weighted by Gasteiger charge is -2.18. The smallest absolute Gasteiger partial charge is 0.191 e. The Bertz CT molecular complexity index is 673. The number of nitrogens with zero attached hydrogens (tertiary/aromatic N) is 2. The maximum absolute atomic E-state index is 13.1. The van der Waals surface area contributed by atoms with Crippen LogP contribution in [0.5, 0.6) is 11.5 Å². The van der Waals surface area contributed by atoms with Gasteiger partial charge < -0.3 is 20.1 Å². The summed E-state index contributed by atoms with van der Waals surface area (Å²) in [5.41, 5.74) is 0. The van der Waals surface area contributed by atoms with Gasteiger partial charge in [-0.2, -0.15) is 0 Å². The molecule has 0 aliphatic rings. The molecular formula is C18H24FIN4O2. The summed E-state index contributed by atoms with van der Waals surface area (Å²) in [6.45, 7) is 3.51. The van der Waals surface area contributed by atoms with Gasteiger partial charge in [-0.1, -0.05) is 6.07 Å². The number of guanidine groups is 1. The van der Waals surface area contributed by atoms with E-state index in [1.54, 1.807) is 31.6 Å². The summed E-state index contributed by atoms with van der Waals surface area (Å²) >= 11 is 0. The summed E-state index contributed by atoms with van der Waals surface area (Å²) in [4.78, 5) is 8.12. The average molecular weight is 474 g/mol. The van der Waals surface area contributed by atoms with E-state index in [0.717, 1.165) is 5.75 Å². The number of pyridine rings is 1. The first-order valence-corrected chi connectivity index (χ1v) is 8.07. The van der Waals surface area contributed by atoms with Gasteiger partial charge in [0.1, 0.15) is 30.0 Å². The zero-order valence-electron chi connectivity index (χ0n) is 14.8. The van der Waals surface area contributed by atoms with Gasteiger partial charge in [0.15, 0.2) is 5.96 Å². The van der Waals surface area contributed by atoms with Crippen molar-refractivity contribution in [1.29, 1.82) is 0 Å². The Morgan fingerprint density at radius 2 is 2.04 bits per heavy atom. The number of aromatic nitrogens is 1. The molecule has 0 aliphatic carbocycles. The Morgan fingerprint density at radius 3 is 2.73 bits per heavy atom. The second-order valence-electron chi connectivity index (χ2n) is 5.30. The van der Waals surface area contributed by atoms with Gasteiger partial charge in [0.25, 0.3) is 0 Å². The number of halogens is 2. The van der Waals surface area contributed by atoms with Crippen LogP contribution in [0, 0.1) is 5.82 Å². The lowest BCUT2D eigenvalue weighted by molar-refractivity contribution is 0.223. The lowest BCUT2D eigenvalue weighted by Crippen LogP contribution is -2.43. The topological polar surface area (TPSA) is 67.8 Å². The van der Waals surface area contributed by atoms with Crippen LogP contribution in [0.25, 0.3) is 0 Å². The minimum Gasteiger partial charge on any atom is -0.490 e. The third-order valence-electron chi connectivity index (χ3n) is 3.21. The Labute approximate surface area is 170 Å². The van der Waals surface area contributed by atoms with E-state index in [-0.39, 0.29) is 35.9 Å². The molecular weight excluding hydrogens is 450 g/mol. The molecule has 6 nitrogen and oxygen atoms in total. The van der Waals surface area contributed by atoms with Crippen LogP contribution in [0.3, 0.4) is 0 Å². The van der Waals surface area contributed by atoms with Crippen molar-refractivity contribution in [2.24, 2.45) is 4.99 Å². The SMILES string of the molecule is CN=C(NCCOc1cccnc1)NCC(C)Oc1cccc(F)c1.I. The Morgan fingerprint density at radius 1 is 1.23 bits per heavy atom. The van der Waals surface area contributed by atoms with Crippen LogP contribution in [0.1, 0.15) is 6.92 Å². The van der Waals surface area contributed by atoms with Crippen molar-refractivity contribution in [3.63, 3.8) is 0 Å². The summed E-state index contributed by atoms with van der Waals surface area (Å²) in [5, 5.41) is 6.30. The van der Waals surface area contributed by atoms with Gasteiger partial charge >= 0.3 is 0 Å². The van der Waals surface area contributed by atoms with Crippen LogP contribution in [0.15, 0.2) is 53.8 Å². The minimum atomic E-state index is -0.316. The molecule has 0 aliphatic heterocycles. The summed E-state index contributed by atoms with van der Waals surface area (Å²) in [5.74, 6) is 1.56. The fourth-order valence-corrected chi connectivity index (χ4v) is 2.05. The highest BCUT2D eigenvalue weighted by Crippen LogP contribution is 2.13. The summed E-state index contributed by atoms with van der Waals surface area (Å²) in [6, 6.07) is 9.76. The maximum Gasteiger partial charge on any atom is 0.191 e. The molecule has 1 unspecified atom stereocenters. The van der Waals surface area contributed by atoms with Crippen LogP contribution in [-0.2, 0) is 0 Å². The van der Waals surface area contributed by atoms with Crippen molar-refractivity contribution in [2.75, 3.05) is 26.7 Å². The van der Waals surface area contributed by atoms with Gasteiger partial charge in [0.2, 0.25) is 0 Å². The molecule has 1 aromatic heterocycles. The van der Waals surface area contributed by atoms with Crippen molar-refractivity contribution in [3.8, 4) is 11.5 Å². The molecule has 0 amide bonds. The Kier molecular flexibility index (Phi) is 10.4. The molecule has 142 valence electrons. The molecule has 2 aromatic rings. The Hall–Kier alpha value is -2.10. The van der Waals surface area contributed by atoms with E-state index < -0.39 is 0 Å². The zero-order chi connectivity index (χ0) is 17.9. The average Bonchev–Trinajstić information content (AvgIpc) is 2.62. The summed E-state index contributed by atoms with van der Waals surface area (Å²) < 4.78 is 24.3. The number of ether oxygens (including phenoxy) is 2. The predicted octanol–water partition coefficient (Wildman–Crippen LogP) is 2.85. The number of hydrogen-bond donors (Lipinski definition) is 2. The molecule has 0 saturated heterocycles. The largest absolute Gasteiger partial charge is 0.490 e. The number of rotatable bonds is 8. The number of hydrogen-bond acceptors (Lipinski definition) is 4. The number of benzene rings is 1. The van der Waals surface area contributed by atoms with E-state index in [2.05, 4.69) is 20.6 Å². The molecule has 26 heavy (non-hydrogen) atoms. The van der Waals surface area contributed by atoms with E-state index in [1.165, 1.54) is 12.1 Å². The van der Waals surface area contributed by atoms with Gasteiger partial charge in [-0.15, -0.1) is 24.0 Å². The van der Waals surface area contributed by atoms with Crippen LogP contribution in [-0.4, -0.2) is 43.8 Å². The van der Waals surface area contributed by atoms with E-state index in [4.69, 9.17) is 9.47 Å². The van der Waals surface area contributed by atoms with E-state index in [1.807, 2.05) is 19.1 Å². The molecule has 0 spiro atoms. The standard InChI is InChI=1S/C18H23FN4O2.HI/c1-14(25-16-6-3-5-15(19)11-16)12-23-18(20-2)22-9-10-24-17-7-4-8-21-13-17;/h3-8,11,13-14H,9-10,12H2,1-2H3,(H2,20,22,23);1H. The number of nitrogens with one attached hydrogen (secondary N) is 2. The van der Waals surface area contributed by atoms with E-state index in [0.29, 0.717) is 31.4 Å². The molecule has 0 fully saturated rings. The second kappa shape index (κ2) is 12.3. The third-order valence-corrected chi connectivity index (χ3v) is 3.21. The molecule has 0 radical (unpaired) electrons. The van der Waals surface area contributed by atoms with Crippen LogP contribution in [0.4, 0.5) is 4.39 Å². The highest BCUT2D eigenvalue weighted by atomic mass is 127. The maximum atomic E-state index is 13.1. The first kappa shape index (κ1) is 21.9. The monoisotopic (exact) mass is 474 g/mol. The minimum absolute atomic E-state index is 0. The first-order chi connectivity index (χ1) is 12.2. The van der Waals surface area contributed by atoms with Crippen LogP contribution >= 0.6 is 24.0 Å². The van der Waals surface area contributed by atoms with Crippen molar-refractivity contribution in [3.05, 3.63) is 54.6 Å². The van der Waals surface area contributed by atoms with Crippen molar-refractivity contribution in [2.45, 2.75) is 13.0 Å². The predicted molar refractivity (Wildman–Crippen MR) is 111 cm³/mol. The van der Waals surface area contributed by atoms with Crippen molar-refractivity contribution < 1.29 is 13.9 Å². The van der Waals surface area contributed by atoms with Gasteiger partial charge in [-0.3, -0.25) is 9.98 Å². The summed E-state index contributed by atoms with van der Waals surface area (Å²) in [7, 11) is 1.69. The molecule has 1 aromatic carbocycles. The summed E-state index contributed by atoms with van der Waals surface area (Å²) in [6.07, 6.45) is 3.22. The van der Waals surface area contributed by atoms with E-state index in [9.17, 15) is 4.39 Å². The van der Waals surface area contributed by atoms with Crippen molar-refractivity contribution >= 4 is 29.9 Å². The van der Waals surface area contributed by atoms with Crippen LogP contribution < -0.4 is 20.1 Å². The fraction of sp³-hybridized carbons (Fsp3) is 0.333. The highest BCUT2D eigenvalue weighted by Gasteiger charge is 2.06. The normalized spacial score (nSPS) is 11.9. The van der Waals surface area contributed by atoms with Gasteiger partial charge in [-0.05, 0) is 31.2 Å². The van der Waals surface area contributed by atoms with Gasteiger partial charge in [0, 0.05) is 19.3 Å². The fourth-order valence-electron chi connectivity index (χ4n) is 2.05. The van der Waals surface area contributed by atoms with Crippen molar-refractivity contribution in [1.82, 2.24) is 15.6 Å². The van der Waals surface area contributed by atoms with Crippen LogP contribution in [0.2, 0.25) is 0 Å². The Balaban J connectivity index is 0.00000338. The first-order valence-electron chi connectivity index (χ1n) is 8.07. The lowest BCUT2D eigenvalue weighted by atomic mass is 10.3. The van der Waals surface area contributed by atoms with E-state index >= 15 is 0 Å². The van der Waals surface area contributed by atoms with Gasteiger partial charge in [-0.25, -0.2) is 4.39 Å². The molecule has 8 heteroatoms. The molecule has 0 saturated carbocycles. The molecule has 0 bridgehead atoms. The molecule has 2 N–H and O–H groups in total. The quantitative estimate of drug-likeness (QED) is 0.267. The molecule has 1 atom stereocenters. The second-order valence-corrected chi connectivity index (χ2v) is 5.30.